The van der Waals surface area contributed by atoms with Crippen LogP contribution in [0.15, 0.2) is 42.6 Å². The minimum absolute atomic E-state index is 0.109. The van der Waals surface area contributed by atoms with E-state index in [2.05, 4.69) is 18.0 Å². The standard InChI is InChI=1S/C17H18N2O/c1-2-13-10-15-12-19(9-8-16(15)18-11-13)17(20)14-6-4-3-5-7-14/h3-7,10-11H,2,8-9,12H2,1H3. The summed E-state index contributed by atoms with van der Waals surface area (Å²) in [5.41, 5.74) is 4.33. The Bertz CT molecular complexity index is 622. The van der Waals surface area contributed by atoms with Gasteiger partial charge in [-0.25, -0.2) is 0 Å². The van der Waals surface area contributed by atoms with E-state index in [-0.39, 0.29) is 5.91 Å². The number of hydrogen-bond acceptors (Lipinski definition) is 2. The van der Waals surface area contributed by atoms with E-state index in [0.717, 1.165) is 30.6 Å². The molecule has 0 bridgehead atoms. The number of pyridine rings is 1. The highest BCUT2D eigenvalue weighted by Gasteiger charge is 2.22. The molecule has 0 radical (unpaired) electrons. The minimum atomic E-state index is 0.109. The highest BCUT2D eigenvalue weighted by Crippen LogP contribution is 2.20. The molecule has 3 nitrogen and oxygen atoms in total. The largest absolute Gasteiger partial charge is 0.334 e. The second kappa shape index (κ2) is 5.45. The molecule has 1 aromatic heterocycles. The molecule has 102 valence electrons. The second-order valence-corrected chi connectivity index (χ2v) is 5.15. The minimum Gasteiger partial charge on any atom is -0.334 e. The molecule has 0 spiro atoms. The van der Waals surface area contributed by atoms with Crippen molar-refractivity contribution >= 4 is 5.91 Å². The number of aromatic nitrogens is 1. The maximum Gasteiger partial charge on any atom is 0.254 e. The third-order valence-electron chi connectivity index (χ3n) is 3.81. The zero-order chi connectivity index (χ0) is 13.9. The van der Waals surface area contributed by atoms with Crippen molar-refractivity contribution in [1.82, 2.24) is 9.88 Å². The van der Waals surface area contributed by atoms with Gasteiger partial charge in [-0.05, 0) is 29.7 Å². The predicted octanol–water partition coefficient (Wildman–Crippen LogP) is 2.84. The van der Waals surface area contributed by atoms with Crippen LogP contribution in [-0.4, -0.2) is 22.3 Å². The van der Waals surface area contributed by atoms with Crippen LogP contribution in [0, 0.1) is 0 Å². The number of benzene rings is 1. The average molecular weight is 266 g/mol. The van der Waals surface area contributed by atoms with Crippen LogP contribution in [0.4, 0.5) is 0 Å². The molecule has 20 heavy (non-hydrogen) atoms. The molecule has 0 N–H and O–H groups in total. The normalized spacial score (nSPS) is 13.9. The lowest BCUT2D eigenvalue weighted by molar-refractivity contribution is 0.0733. The first-order chi connectivity index (χ1) is 9.78. The summed E-state index contributed by atoms with van der Waals surface area (Å²) in [6.45, 7) is 3.54. The summed E-state index contributed by atoms with van der Waals surface area (Å²) in [7, 11) is 0. The molecule has 3 rings (SSSR count). The molecule has 3 heteroatoms. The van der Waals surface area contributed by atoms with Crippen molar-refractivity contribution in [3.8, 4) is 0 Å². The van der Waals surface area contributed by atoms with Gasteiger partial charge >= 0.3 is 0 Å². The van der Waals surface area contributed by atoms with Crippen LogP contribution in [0.2, 0.25) is 0 Å². The van der Waals surface area contributed by atoms with Gasteiger partial charge < -0.3 is 4.90 Å². The fourth-order valence-electron chi connectivity index (χ4n) is 2.61. The third-order valence-corrected chi connectivity index (χ3v) is 3.81. The van der Waals surface area contributed by atoms with Crippen molar-refractivity contribution in [2.45, 2.75) is 26.3 Å². The zero-order valence-electron chi connectivity index (χ0n) is 11.7. The van der Waals surface area contributed by atoms with Gasteiger partial charge in [0.25, 0.3) is 5.91 Å². The second-order valence-electron chi connectivity index (χ2n) is 5.15. The first kappa shape index (κ1) is 12.9. The van der Waals surface area contributed by atoms with Crippen molar-refractivity contribution in [2.24, 2.45) is 0 Å². The lowest BCUT2D eigenvalue weighted by atomic mass is 10.0. The number of fused-ring (bicyclic) bond motifs is 1. The van der Waals surface area contributed by atoms with Gasteiger partial charge in [0.05, 0.1) is 0 Å². The van der Waals surface area contributed by atoms with Crippen molar-refractivity contribution < 1.29 is 4.79 Å². The molecule has 1 aliphatic heterocycles. The van der Waals surface area contributed by atoms with E-state index in [4.69, 9.17) is 0 Å². The number of hydrogen-bond donors (Lipinski definition) is 0. The van der Waals surface area contributed by atoms with Crippen LogP contribution in [0.1, 0.15) is 34.1 Å². The Morgan fingerprint density at radius 1 is 1.30 bits per heavy atom. The number of amides is 1. The van der Waals surface area contributed by atoms with Gasteiger partial charge in [-0.3, -0.25) is 9.78 Å². The van der Waals surface area contributed by atoms with E-state index in [1.165, 1.54) is 11.1 Å². The summed E-state index contributed by atoms with van der Waals surface area (Å²) in [4.78, 5) is 18.9. The Kier molecular flexibility index (Phi) is 3.50. The monoisotopic (exact) mass is 266 g/mol. The molecule has 1 aromatic carbocycles. The SMILES string of the molecule is CCc1cnc2c(c1)CN(C(=O)c1ccccc1)CC2. The highest BCUT2D eigenvalue weighted by atomic mass is 16.2. The third kappa shape index (κ3) is 2.44. The topological polar surface area (TPSA) is 33.2 Å². The number of carbonyl (C=O) groups is 1. The van der Waals surface area contributed by atoms with E-state index >= 15 is 0 Å². The maximum atomic E-state index is 12.5. The number of carbonyl (C=O) groups excluding carboxylic acids is 1. The molecular formula is C17H18N2O. The Hall–Kier alpha value is -2.16. The van der Waals surface area contributed by atoms with Crippen LogP contribution in [0.25, 0.3) is 0 Å². The lowest BCUT2D eigenvalue weighted by Crippen LogP contribution is -2.36. The Morgan fingerprint density at radius 3 is 2.85 bits per heavy atom. The highest BCUT2D eigenvalue weighted by molar-refractivity contribution is 5.94. The molecule has 0 atom stereocenters. The molecule has 1 aliphatic rings. The fourth-order valence-corrected chi connectivity index (χ4v) is 2.61. The molecule has 2 aromatic rings. The molecule has 2 heterocycles. The molecule has 0 aliphatic carbocycles. The van der Waals surface area contributed by atoms with Crippen LogP contribution in [0.3, 0.4) is 0 Å². The van der Waals surface area contributed by atoms with Crippen LogP contribution in [-0.2, 0) is 19.4 Å². The summed E-state index contributed by atoms with van der Waals surface area (Å²) < 4.78 is 0. The molecule has 0 unspecified atom stereocenters. The fraction of sp³-hybridized carbons (Fsp3) is 0.294. The van der Waals surface area contributed by atoms with E-state index < -0.39 is 0 Å². The van der Waals surface area contributed by atoms with Crippen molar-refractivity contribution in [2.75, 3.05) is 6.54 Å². The molecular weight excluding hydrogens is 248 g/mol. The summed E-state index contributed by atoms with van der Waals surface area (Å²) in [5, 5.41) is 0. The van der Waals surface area contributed by atoms with E-state index in [1.54, 1.807) is 0 Å². The van der Waals surface area contributed by atoms with Crippen molar-refractivity contribution in [1.29, 1.82) is 0 Å². The molecule has 0 saturated heterocycles. The summed E-state index contributed by atoms with van der Waals surface area (Å²) in [6, 6.07) is 11.7. The molecule has 0 saturated carbocycles. The van der Waals surface area contributed by atoms with Crippen LogP contribution in [0.5, 0.6) is 0 Å². The number of nitrogens with zero attached hydrogens (tertiary/aromatic N) is 2. The van der Waals surface area contributed by atoms with E-state index in [1.807, 2.05) is 41.4 Å². The average Bonchev–Trinajstić information content (AvgIpc) is 2.54. The summed E-state index contributed by atoms with van der Waals surface area (Å²) in [6.07, 6.45) is 3.78. The van der Waals surface area contributed by atoms with E-state index in [9.17, 15) is 4.79 Å². The van der Waals surface area contributed by atoms with Gasteiger partial charge in [0, 0.05) is 37.0 Å². The van der Waals surface area contributed by atoms with Gasteiger partial charge in [0.1, 0.15) is 0 Å². The van der Waals surface area contributed by atoms with Gasteiger partial charge in [0.15, 0.2) is 0 Å². The van der Waals surface area contributed by atoms with Crippen molar-refractivity contribution in [3.05, 3.63) is 65.0 Å². The van der Waals surface area contributed by atoms with Gasteiger partial charge in [0.2, 0.25) is 0 Å². The molecule has 1 amide bonds. The Balaban J connectivity index is 1.83. The van der Waals surface area contributed by atoms with Crippen LogP contribution >= 0.6 is 0 Å². The maximum absolute atomic E-state index is 12.5. The van der Waals surface area contributed by atoms with E-state index in [0.29, 0.717) is 6.54 Å². The lowest BCUT2D eigenvalue weighted by Gasteiger charge is -2.28. The van der Waals surface area contributed by atoms with Crippen LogP contribution < -0.4 is 0 Å². The predicted molar refractivity (Wildman–Crippen MR) is 78.5 cm³/mol. The molecule has 0 fully saturated rings. The summed E-state index contributed by atoms with van der Waals surface area (Å²) >= 11 is 0. The van der Waals surface area contributed by atoms with Gasteiger partial charge in [-0.1, -0.05) is 31.2 Å². The Morgan fingerprint density at radius 2 is 2.10 bits per heavy atom. The quantitative estimate of drug-likeness (QED) is 0.837. The van der Waals surface area contributed by atoms with Crippen molar-refractivity contribution in [3.63, 3.8) is 0 Å². The Labute approximate surface area is 119 Å². The summed E-state index contributed by atoms with van der Waals surface area (Å²) in [5.74, 6) is 0.109. The smallest absolute Gasteiger partial charge is 0.254 e. The first-order valence-corrected chi connectivity index (χ1v) is 7.09. The number of aryl methyl sites for hydroxylation is 1. The van der Waals surface area contributed by atoms with Gasteiger partial charge in [-0.15, -0.1) is 0 Å². The van der Waals surface area contributed by atoms with Gasteiger partial charge in [-0.2, -0.15) is 0 Å². The first-order valence-electron chi connectivity index (χ1n) is 7.09. The zero-order valence-corrected chi connectivity index (χ0v) is 11.7. The number of rotatable bonds is 2.